The number of anilines is 6. The largest absolute Gasteiger partial charge is 0.310 e. The second-order valence-corrected chi connectivity index (χ2v) is 16.5. The van der Waals surface area contributed by atoms with Gasteiger partial charge in [-0.25, -0.2) is 0 Å². The zero-order valence-corrected chi connectivity index (χ0v) is 32.0. The average Bonchev–Trinajstić information content (AvgIpc) is 3.88. The van der Waals surface area contributed by atoms with Crippen LogP contribution in [0.15, 0.2) is 182 Å². The maximum absolute atomic E-state index is 2.54. The van der Waals surface area contributed by atoms with Crippen molar-refractivity contribution in [1.82, 2.24) is 0 Å². The number of nitrogens with zero attached hydrogens (tertiary/aromatic N) is 2. The summed E-state index contributed by atoms with van der Waals surface area (Å²) in [5.74, 6) is 0. The third-order valence-electron chi connectivity index (χ3n) is 13.2. The van der Waals surface area contributed by atoms with Gasteiger partial charge in [-0.3, -0.25) is 0 Å². The predicted molar refractivity (Wildman–Crippen MR) is 235 cm³/mol. The molecule has 0 aromatic heterocycles. The monoisotopic (exact) mass is 720 g/mol. The summed E-state index contributed by atoms with van der Waals surface area (Å²) in [6.45, 7) is 4.72. The van der Waals surface area contributed by atoms with Gasteiger partial charge in [0, 0.05) is 44.7 Å². The van der Waals surface area contributed by atoms with Crippen LogP contribution in [0, 0.1) is 0 Å². The minimum atomic E-state index is -0.0274. The molecule has 0 N–H and O–H groups in total. The van der Waals surface area contributed by atoms with Gasteiger partial charge in [0.15, 0.2) is 0 Å². The third kappa shape index (κ3) is 4.95. The van der Waals surface area contributed by atoms with E-state index < -0.39 is 0 Å². The first-order chi connectivity index (χ1) is 27.5. The molecule has 0 heterocycles. The fourth-order valence-electron chi connectivity index (χ4n) is 10.5. The van der Waals surface area contributed by atoms with Gasteiger partial charge in [0.2, 0.25) is 0 Å². The van der Waals surface area contributed by atoms with Crippen molar-refractivity contribution in [3.63, 3.8) is 0 Å². The number of fused-ring (bicyclic) bond motifs is 8. The zero-order chi connectivity index (χ0) is 37.4. The Hall–Kier alpha value is -6.38. The van der Waals surface area contributed by atoms with Crippen LogP contribution in [0.5, 0.6) is 0 Å². The van der Waals surface area contributed by atoms with Gasteiger partial charge < -0.3 is 9.80 Å². The maximum atomic E-state index is 2.54. The van der Waals surface area contributed by atoms with Crippen LogP contribution in [-0.2, 0) is 23.7 Å². The molecule has 0 radical (unpaired) electrons. The van der Waals surface area contributed by atoms with Crippen molar-refractivity contribution < 1.29 is 0 Å². The Morgan fingerprint density at radius 2 is 0.929 bits per heavy atom. The number of para-hydroxylation sites is 2. The van der Waals surface area contributed by atoms with Gasteiger partial charge in [-0.2, -0.15) is 0 Å². The van der Waals surface area contributed by atoms with Gasteiger partial charge in [0.05, 0.1) is 5.69 Å². The van der Waals surface area contributed by atoms with E-state index in [0.29, 0.717) is 0 Å². The van der Waals surface area contributed by atoms with E-state index in [9.17, 15) is 0 Å². The van der Waals surface area contributed by atoms with E-state index in [1.165, 1.54) is 89.4 Å². The summed E-state index contributed by atoms with van der Waals surface area (Å²) in [6, 6.07) is 68.0. The summed E-state index contributed by atoms with van der Waals surface area (Å²) in [4.78, 5) is 4.94. The van der Waals surface area contributed by atoms with Gasteiger partial charge in [-0.1, -0.05) is 129 Å². The standard InChI is InChI=1S/C54H44N2/c1-53(2)48-22-12-11-21-46(48)47-34-42(28-29-49(47)53)55(40-16-5-3-6-17-40)43-26-24-38-30-32-54(50(38)35-43)33-31-39-25-27-44(36-51(39)54)56(41-18-7-4-8-19-41)52-23-13-15-37-14-9-10-20-45(37)52/h3-29,34-36H,30-33H2,1-2H3/t54-/m1/s1. The van der Waals surface area contributed by atoms with Crippen molar-refractivity contribution in [3.8, 4) is 11.1 Å². The predicted octanol–water partition coefficient (Wildman–Crippen LogP) is 14.3. The molecule has 2 heteroatoms. The summed E-state index contributed by atoms with van der Waals surface area (Å²) in [5, 5.41) is 2.50. The number of rotatable bonds is 6. The normalized spacial score (nSPS) is 17.0. The first kappa shape index (κ1) is 33.0. The molecule has 3 aliphatic rings. The van der Waals surface area contributed by atoms with Gasteiger partial charge >= 0.3 is 0 Å². The summed E-state index contributed by atoms with van der Waals surface area (Å²) in [7, 11) is 0. The lowest BCUT2D eigenvalue weighted by molar-refractivity contribution is 0.507. The van der Waals surface area contributed by atoms with Crippen molar-refractivity contribution in [1.29, 1.82) is 0 Å². The van der Waals surface area contributed by atoms with E-state index in [0.717, 1.165) is 25.7 Å². The highest BCUT2D eigenvalue weighted by molar-refractivity contribution is 5.99. The zero-order valence-electron chi connectivity index (χ0n) is 32.0. The lowest BCUT2D eigenvalue weighted by Crippen LogP contribution is -2.22. The summed E-state index contributed by atoms with van der Waals surface area (Å²) >= 11 is 0. The number of hydrogen-bond donors (Lipinski definition) is 0. The molecule has 0 saturated carbocycles. The molecule has 8 aromatic rings. The van der Waals surface area contributed by atoms with E-state index in [1.807, 2.05) is 0 Å². The number of hydrogen-bond acceptors (Lipinski definition) is 2. The molecular formula is C54H44N2. The number of benzene rings is 8. The van der Waals surface area contributed by atoms with Crippen molar-refractivity contribution in [2.24, 2.45) is 0 Å². The van der Waals surface area contributed by atoms with Gasteiger partial charge in [0.25, 0.3) is 0 Å². The second-order valence-electron chi connectivity index (χ2n) is 16.5. The Labute approximate surface area is 330 Å². The molecule has 0 amide bonds. The van der Waals surface area contributed by atoms with E-state index in [1.54, 1.807) is 0 Å². The lowest BCUT2D eigenvalue weighted by Gasteiger charge is -2.32. The number of aryl methyl sites for hydroxylation is 2. The Balaban J connectivity index is 1.05. The van der Waals surface area contributed by atoms with E-state index in [2.05, 4.69) is 206 Å². The van der Waals surface area contributed by atoms with Crippen molar-refractivity contribution in [2.75, 3.05) is 9.80 Å². The Morgan fingerprint density at radius 3 is 1.64 bits per heavy atom. The van der Waals surface area contributed by atoms with E-state index in [4.69, 9.17) is 0 Å². The average molecular weight is 721 g/mol. The highest BCUT2D eigenvalue weighted by atomic mass is 15.1. The van der Waals surface area contributed by atoms with E-state index in [-0.39, 0.29) is 10.8 Å². The van der Waals surface area contributed by atoms with E-state index >= 15 is 0 Å². The molecule has 3 aliphatic carbocycles. The van der Waals surface area contributed by atoms with Crippen LogP contribution in [-0.4, -0.2) is 0 Å². The third-order valence-corrected chi connectivity index (χ3v) is 13.2. The molecule has 0 aliphatic heterocycles. The van der Waals surface area contributed by atoms with Crippen LogP contribution in [0.4, 0.5) is 34.1 Å². The van der Waals surface area contributed by atoms with Crippen LogP contribution in [0.1, 0.15) is 60.1 Å². The molecule has 270 valence electrons. The summed E-state index contributed by atoms with van der Waals surface area (Å²) in [6.07, 6.45) is 4.47. The van der Waals surface area contributed by atoms with Crippen LogP contribution < -0.4 is 9.80 Å². The smallest absolute Gasteiger partial charge is 0.0540 e. The highest BCUT2D eigenvalue weighted by Crippen LogP contribution is 2.56. The molecule has 0 unspecified atom stereocenters. The second kappa shape index (κ2) is 12.6. The Bertz CT molecular complexity index is 2790. The van der Waals surface area contributed by atoms with Crippen LogP contribution >= 0.6 is 0 Å². The van der Waals surface area contributed by atoms with Crippen molar-refractivity contribution >= 4 is 44.9 Å². The molecule has 1 atom stereocenters. The molecule has 0 fully saturated rings. The molecular weight excluding hydrogens is 677 g/mol. The topological polar surface area (TPSA) is 6.48 Å². The fraction of sp³-hybridized carbons (Fsp3) is 0.148. The lowest BCUT2D eigenvalue weighted by atomic mass is 9.76. The first-order valence-electron chi connectivity index (χ1n) is 20.2. The molecule has 11 rings (SSSR count). The Morgan fingerprint density at radius 1 is 0.393 bits per heavy atom. The molecule has 2 nitrogen and oxygen atoms in total. The molecule has 0 saturated heterocycles. The SMILES string of the molecule is CC1(C)c2ccccc2-c2cc(N(c3ccccc3)c3ccc4c(c3)[C@@]3(CC4)CCc4ccc(N(c5ccccc5)c5cccc6ccccc56)cc43)ccc21. The maximum Gasteiger partial charge on any atom is 0.0540 e. The minimum absolute atomic E-state index is 0.0267. The van der Waals surface area contributed by atoms with Gasteiger partial charge in [0.1, 0.15) is 0 Å². The Kier molecular flexibility index (Phi) is 7.41. The quantitative estimate of drug-likeness (QED) is 0.169. The molecule has 0 bridgehead atoms. The van der Waals surface area contributed by atoms with Crippen molar-refractivity contribution in [3.05, 3.63) is 215 Å². The minimum Gasteiger partial charge on any atom is -0.310 e. The summed E-state index contributed by atoms with van der Waals surface area (Å²) in [5.41, 5.74) is 18.6. The molecule has 8 aromatic carbocycles. The van der Waals surface area contributed by atoms with Gasteiger partial charge in [-0.15, -0.1) is 0 Å². The van der Waals surface area contributed by atoms with Gasteiger partial charge in [-0.05, 0) is 142 Å². The summed E-state index contributed by atoms with van der Waals surface area (Å²) < 4.78 is 0. The van der Waals surface area contributed by atoms with Crippen molar-refractivity contribution in [2.45, 2.75) is 50.4 Å². The first-order valence-corrected chi connectivity index (χ1v) is 20.2. The highest BCUT2D eigenvalue weighted by Gasteiger charge is 2.45. The molecule has 1 spiro atoms. The van der Waals surface area contributed by atoms with Crippen LogP contribution in [0.25, 0.3) is 21.9 Å². The van der Waals surface area contributed by atoms with Crippen LogP contribution in [0.2, 0.25) is 0 Å². The fourth-order valence-corrected chi connectivity index (χ4v) is 10.5. The van der Waals surface area contributed by atoms with Crippen LogP contribution in [0.3, 0.4) is 0 Å². The molecule has 56 heavy (non-hydrogen) atoms.